The highest BCUT2D eigenvalue weighted by Gasteiger charge is 2.32. The average molecular weight is 238 g/mol. The first kappa shape index (κ1) is 11.5. The largest absolute Gasteiger partial charge is 0.368 e. The second-order valence-electron chi connectivity index (χ2n) is 3.87. The summed E-state index contributed by atoms with van der Waals surface area (Å²) < 4.78 is 0. The zero-order valence-corrected chi connectivity index (χ0v) is 9.43. The van der Waals surface area contributed by atoms with Crippen LogP contribution in [-0.2, 0) is 4.79 Å². The van der Waals surface area contributed by atoms with E-state index in [0.717, 1.165) is 0 Å². The predicted molar refractivity (Wildman–Crippen MR) is 58.0 cm³/mol. The Morgan fingerprint density at radius 2 is 2.29 bits per heavy atom. The molecule has 8 nitrogen and oxygen atoms in total. The van der Waals surface area contributed by atoms with Crippen LogP contribution in [0.3, 0.4) is 0 Å². The number of rotatable bonds is 2. The van der Waals surface area contributed by atoms with Crippen molar-refractivity contribution in [1.82, 2.24) is 25.4 Å². The summed E-state index contributed by atoms with van der Waals surface area (Å²) in [6, 6.07) is -0.643. The molecule has 2 amide bonds. The number of primary amides is 1. The van der Waals surface area contributed by atoms with Gasteiger partial charge in [-0.2, -0.15) is 0 Å². The molecule has 0 radical (unpaired) electrons. The number of hydrogen-bond donors (Lipinski definition) is 3. The molecule has 0 spiro atoms. The van der Waals surface area contributed by atoms with Crippen molar-refractivity contribution in [2.45, 2.75) is 13.0 Å². The predicted octanol–water partition coefficient (Wildman–Crippen LogP) is -1.99. The van der Waals surface area contributed by atoms with Crippen LogP contribution in [0.1, 0.15) is 16.4 Å². The summed E-state index contributed by atoms with van der Waals surface area (Å²) in [6.45, 7) is 3.11. The number of aromatic nitrogens is 3. The van der Waals surface area contributed by atoms with Crippen molar-refractivity contribution in [3.63, 3.8) is 0 Å². The van der Waals surface area contributed by atoms with Crippen LogP contribution in [0, 0.1) is 6.92 Å². The van der Waals surface area contributed by atoms with Gasteiger partial charge in [0.25, 0.3) is 5.91 Å². The second kappa shape index (κ2) is 4.50. The number of aromatic amines is 1. The summed E-state index contributed by atoms with van der Waals surface area (Å²) in [5.41, 5.74) is 5.26. The number of carbonyl (C=O) groups excluding carboxylic acids is 2. The SMILES string of the molecule is Cc1nc(C(=O)N2CCNCC2C(N)=O)n[nH]1. The maximum atomic E-state index is 12.1. The number of amides is 2. The van der Waals surface area contributed by atoms with E-state index < -0.39 is 11.9 Å². The molecule has 0 aliphatic carbocycles. The number of nitrogens with zero attached hydrogens (tertiary/aromatic N) is 3. The fourth-order valence-corrected chi connectivity index (χ4v) is 1.77. The molecule has 1 aliphatic rings. The van der Waals surface area contributed by atoms with Crippen molar-refractivity contribution in [1.29, 1.82) is 0 Å². The number of piperazine rings is 1. The molecule has 0 bridgehead atoms. The van der Waals surface area contributed by atoms with E-state index in [9.17, 15) is 9.59 Å². The van der Waals surface area contributed by atoms with Crippen molar-refractivity contribution in [3.8, 4) is 0 Å². The standard InChI is InChI=1S/C9H14N6O2/c1-5-12-8(14-13-5)9(17)15-3-2-11-4-6(15)7(10)16/h6,11H,2-4H2,1H3,(H2,10,16)(H,12,13,14). The Labute approximate surface area is 97.6 Å². The minimum atomic E-state index is -0.643. The van der Waals surface area contributed by atoms with Gasteiger partial charge in [-0.05, 0) is 6.92 Å². The fraction of sp³-hybridized carbons (Fsp3) is 0.556. The third kappa shape index (κ3) is 2.26. The molecule has 17 heavy (non-hydrogen) atoms. The zero-order chi connectivity index (χ0) is 12.4. The molecular formula is C9H14N6O2. The zero-order valence-electron chi connectivity index (χ0n) is 9.43. The summed E-state index contributed by atoms with van der Waals surface area (Å²) >= 11 is 0. The highest BCUT2D eigenvalue weighted by molar-refractivity contribution is 5.94. The first-order chi connectivity index (χ1) is 8.09. The Morgan fingerprint density at radius 1 is 1.53 bits per heavy atom. The van der Waals surface area contributed by atoms with Crippen molar-refractivity contribution in [2.75, 3.05) is 19.6 Å². The second-order valence-corrected chi connectivity index (χ2v) is 3.87. The molecule has 1 fully saturated rings. The highest BCUT2D eigenvalue weighted by atomic mass is 16.2. The maximum Gasteiger partial charge on any atom is 0.294 e. The van der Waals surface area contributed by atoms with Crippen LogP contribution in [0.2, 0.25) is 0 Å². The lowest BCUT2D eigenvalue weighted by Crippen LogP contribution is -2.58. The third-order valence-electron chi connectivity index (χ3n) is 2.62. The van der Waals surface area contributed by atoms with Crippen molar-refractivity contribution in [3.05, 3.63) is 11.6 Å². The van der Waals surface area contributed by atoms with E-state index in [1.165, 1.54) is 4.90 Å². The quantitative estimate of drug-likeness (QED) is 0.551. The summed E-state index contributed by atoms with van der Waals surface area (Å²) in [7, 11) is 0. The summed E-state index contributed by atoms with van der Waals surface area (Å²) in [6.07, 6.45) is 0. The Kier molecular flexibility index (Phi) is 3.05. The monoisotopic (exact) mass is 238 g/mol. The van der Waals surface area contributed by atoms with Gasteiger partial charge in [0, 0.05) is 19.6 Å². The molecule has 1 aromatic rings. The molecule has 2 rings (SSSR count). The topological polar surface area (TPSA) is 117 Å². The maximum absolute atomic E-state index is 12.1. The Balaban J connectivity index is 2.19. The third-order valence-corrected chi connectivity index (χ3v) is 2.62. The molecule has 8 heteroatoms. The van der Waals surface area contributed by atoms with E-state index >= 15 is 0 Å². The minimum absolute atomic E-state index is 0.0654. The minimum Gasteiger partial charge on any atom is -0.368 e. The smallest absolute Gasteiger partial charge is 0.294 e. The lowest BCUT2D eigenvalue weighted by Gasteiger charge is -2.33. The molecule has 92 valence electrons. The molecule has 1 unspecified atom stereocenters. The van der Waals surface area contributed by atoms with E-state index in [4.69, 9.17) is 5.73 Å². The van der Waals surface area contributed by atoms with Gasteiger partial charge >= 0.3 is 0 Å². The lowest BCUT2D eigenvalue weighted by atomic mass is 10.2. The van der Waals surface area contributed by atoms with Crippen LogP contribution in [0.5, 0.6) is 0 Å². The summed E-state index contributed by atoms with van der Waals surface area (Å²) in [4.78, 5) is 28.7. The van der Waals surface area contributed by atoms with E-state index in [0.29, 0.717) is 25.5 Å². The van der Waals surface area contributed by atoms with Gasteiger partial charge in [-0.15, -0.1) is 5.10 Å². The van der Waals surface area contributed by atoms with Gasteiger partial charge < -0.3 is 16.0 Å². The van der Waals surface area contributed by atoms with Gasteiger partial charge in [-0.3, -0.25) is 14.7 Å². The number of nitrogens with one attached hydrogen (secondary N) is 2. The van der Waals surface area contributed by atoms with Crippen molar-refractivity contribution < 1.29 is 9.59 Å². The molecular weight excluding hydrogens is 224 g/mol. The van der Waals surface area contributed by atoms with Crippen molar-refractivity contribution in [2.24, 2.45) is 5.73 Å². The van der Waals surface area contributed by atoms with Gasteiger partial charge in [0.05, 0.1) is 0 Å². The van der Waals surface area contributed by atoms with E-state index in [1.54, 1.807) is 6.92 Å². The molecule has 1 atom stereocenters. The van der Waals surface area contributed by atoms with E-state index in [1.807, 2.05) is 0 Å². The molecule has 1 aliphatic heterocycles. The number of hydrogen-bond acceptors (Lipinski definition) is 5. The van der Waals surface area contributed by atoms with E-state index in [2.05, 4.69) is 20.5 Å². The van der Waals surface area contributed by atoms with Crippen LogP contribution in [0.15, 0.2) is 0 Å². The van der Waals surface area contributed by atoms with Crippen LogP contribution >= 0.6 is 0 Å². The fourth-order valence-electron chi connectivity index (χ4n) is 1.77. The molecule has 1 aromatic heterocycles. The Hall–Kier alpha value is -1.96. The van der Waals surface area contributed by atoms with E-state index in [-0.39, 0.29) is 11.7 Å². The van der Waals surface area contributed by atoms with Gasteiger partial charge in [-0.1, -0.05) is 0 Å². The molecule has 0 saturated carbocycles. The normalized spacial score (nSPS) is 20.3. The lowest BCUT2D eigenvalue weighted by molar-refractivity contribution is -0.122. The number of aryl methyl sites for hydroxylation is 1. The molecule has 1 saturated heterocycles. The number of H-pyrrole nitrogens is 1. The highest BCUT2D eigenvalue weighted by Crippen LogP contribution is 2.07. The summed E-state index contributed by atoms with van der Waals surface area (Å²) in [5.74, 6) is -0.285. The molecule has 0 aromatic carbocycles. The number of nitrogens with two attached hydrogens (primary N) is 1. The van der Waals surface area contributed by atoms with Gasteiger partial charge in [0.1, 0.15) is 11.9 Å². The van der Waals surface area contributed by atoms with Crippen LogP contribution in [0.25, 0.3) is 0 Å². The Morgan fingerprint density at radius 3 is 2.88 bits per heavy atom. The average Bonchev–Trinajstić information content (AvgIpc) is 2.75. The Bertz CT molecular complexity index is 442. The van der Waals surface area contributed by atoms with Gasteiger partial charge in [0.15, 0.2) is 0 Å². The van der Waals surface area contributed by atoms with Gasteiger partial charge in [-0.25, -0.2) is 4.98 Å². The molecule has 4 N–H and O–H groups in total. The van der Waals surface area contributed by atoms with Crippen LogP contribution in [-0.4, -0.2) is 57.6 Å². The number of carbonyl (C=O) groups is 2. The molecule has 2 heterocycles. The van der Waals surface area contributed by atoms with Crippen molar-refractivity contribution >= 4 is 11.8 Å². The van der Waals surface area contributed by atoms with Gasteiger partial charge in [0.2, 0.25) is 11.7 Å². The summed E-state index contributed by atoms with van der Waals surface area (Å²) in [5, 5.41) is 9.39. The first-order valence-corrected chi connectivity index (χ1v) is 5.29. The first-order valence-electron chi connectivity index (χ1n) is 5.29. The van der Waals surface area contributed by atoms with Crippen LogP contribution in [0.4, 0.5) is 0 Å². The van der Waals surface area contributed by atoms with Crippen LogP contribution < -0.4 is 11.1 Å².